The van der Waals surface area contributed by atoms with Crippen LogP contribution >= 0.6 is 0 Å². The maximum atomic E-state index is 9.51. The van der Waals surface area contributed by atoms with Crippen molar-refractivity contribution in [3.8, 4) is 12.1 Å². The van der Waals surface area contributed by atoms with Gasteiger partial charge >= 0.3 is 0 Å². The highest BCUT2D eigenvalue weighted by Gasteiger charge is 2.20. The van der Waals surface area contributed by atoms with E-state index in [9.17, 15) is 10.5 Å². The predicted molar refractivity (Wildman–Crippen MR) is 198 cm³/mol. The Balaban J connectivity index is 1.41. The fraction of sp³-hybridized carbons (Fsp3) is 0. The van der Waals surface area contributed by atoms with E-state index in [1.165, 1.54) is 10.8 Å². The van der Waals surface area contributed by atoms with Gasteiger partial charge in [0.15, 0.2) is 0 Å². The average Bonchev–Trinajstić information content (AvgIpc) is 3.16. The van der Waals surface area contributed by atoms with Gasteiger partial charge in [-0.25, -0.2) is 0 Å². The van der Waals surface area contributed by atoms with Crippen LogP contribution in [0.15, 0.2) is 170 Å². The lowest BCUT2D eigenvalue weighted by Crippen LogP contribution is -2.11. The van der Waals surface area contributed by atoms with Crippen LogP contribution in [0.4, 0.5) is 34.1 Å². The fourth-order valence-corrected chi connectivity index (χ4v) is 6.67. The summed E-state index contributed by atoms with van der Waals surface area (Å²) in [6.07, 6.45) is 0. The van der Waals surface area contributed by atoms with Crippen molar-refractivity contribution in [1.82, 2.24) is 0 Å². The Labute approximate surface area is 279 Å². The minimum Gasteiger partial charge on any atom is -0.310 e. The summed E-state index contributed by atoms with van der Waals surface area (Å²) >= 11 is 0. The molecule has 0 aliphatic rings. The van der Waals surface area contributed by atoms with E-state index in [1.807, 2.05) is 72.8 Å². The number of nitriles is 2. The summed E-state index contributed by atoms with van der Waals surface area (Å²) in [6, 6.07) is 62.6. The average molecular weight is 613 g/mol. The number of para-hydroxylation sites is 2. The highest BCUT2D eigenvalue weighted by Crippen LogP contribution is 2.46. The lowest BCUT2D eigenvalue weighted by Gasteiger charge is -2.28. The van der Waals surface area contributed by atoms with Crippen molar-refractivity contribution in [2.24, 2.45) is 0 Å². The third-order valence-electron chi connectivity index (χ3n) is 8.87. The van der Waals surface area contributed by atoms with E-state index < -0.39 is 0 Å². The molecule has 8 aromatic carbocycles. The topological polar surface area (TPSA) is 54.1 Å². The molecule has 0 atom stereocenters. The fourth-order valence-electron chi connectivity index (χ4n) is 6.67. The molecule has 0 saturated carbocycles. The first kappa shape index (κ1) is 28.6. The number of hydrogen-bond donors (Lipinski definition) is 0. The van der Waals surface area contributed by atoms with Crippen molar-refractivity contribution >= 4 is 66.4 Å². The second kappa shape index (κ2) is 12.1. The second-order valence-electron chi connectivity index (χ2n) is 11.6. The third-order valence-corrected chi connectivity index (χ3v) is 8.87. The van der Waals surface area contributed by atoms with E-state index in [0.717, 1.165) is 55.7 Å². The molecule has 4 nitrogen and oxygen atoms in total. The van der Waals surface area contributed by atoms with Crippen molar-refractivity contribution in [3.05, 3.63) is 181 Å². The van der Waals surface area contributed by atoms with Crippen LogP contribution in [0.1, 0.15) is 11.1 Å². The van der Waals surface area contributed by atoms with Crippen LogP contribution in [0.5, 0.6) is 0 Å². The van der Waals surface area contributed by atoms with Gasteiger partial charge in [0.25, 0.3) is 0 Å². The van der Waals surface area contributed by atoms with E-state index in [-0.39, 0.29) is 0 Å². The quantitative estimate of drug-likeness (QED) is 0.175. The molecule has 0 bridgehead atoms. The van der Waals surface area contributed by atoms with E-state index in [4.69, 9.17) is 0 Å². The maximum Gasteiger partial charge on any atom is 0.0991 e. The number of rotatable bonds is 6. The molecule has 48 heavy (non-hydrogen) atoms. The highest BCUT2D eigenvalue weighted by molar-refractivity contribution is 6.23. The molecular formula is C44H28N4. The molecule has 0 fully saturated rings. The van der Waals surface area contributed by atoms with Gasteiger partial charge in [0.1, 0.15) is 0 Å². The monoisotopic (exact) mass is 612 g/mol. The van der Waals surface area contributed by atoms with Gasteiger partial charge in [-0.1, -0.05) is 84.9 Å². The molecule has 0 aliphatic heterocycles. The molecule has 0 saturated heterocycles. The van der Waals surface area contributed by atoms with Gasteiger partial charge in [-0.3, -0.25) is 0 Å². The molecule has 4 heteroatoms. The van der Waals surface area contributed by atoms with E-state index in [2.05, 4.69) is 119 Å². The van der Waals surface area contributed by atoms with Crippen molar-refractivity contribution in [1.29, 1.82) is 10.5 Å². The third kappa shape index (κ3) is 4.95. The number of benzene rings is 8. The van der Waals surface area contributed by atoms with Crippen molar-refractivity contribution < 1.29 is 0 Å². The number of fused-ring (bicyclic) bond motifs is 5. The Morgan fingerprint density at radius 1 is 0.312 bits per heavy atom. The van der Waals surface area contributed by atoms with Gasteiger partial charge in [-0.05, 0) is 106 Å². The summed E-state index contributed by atoms with van der Waals surface area (Å²) in [7, 11) is 0. The van der Waals surface area contributed by atoms with Crippen LogP contribution in [0, 0.1) is 22.7 Å². The minimum absolute atomic E-state index is 0.624. The summed E-state index contributed by atoms with van der Waals surface area (Å²) in [6.45, 7) is 0. The van der Waals surface area contributed by atoms with Gasteiger partial charge in [0.2, 0.25) is 0 Å². The maximum absolute atomic E-state index is 9.51. The summed E-state index contributed by atoms with van der Waals surface area (Å²) in [5.41, 5.74) is 7.36. The second-order valence-corrected chi connectivity index (χ2v) is 11.6. The standard InChI is InChI=1S/C44H28N4/c45-29-31-18-22-35(23-19-31)47(33-10-3-1-4-11-33)43-17-9-16-38-41(43)27-26-39-37-14-7-8-15-40(37)44(28-42(38)39)48(34-12-5-2-6-13-34)36-24-20-32(30-46)21-25-36/h1-28H. The molecule has 0 unspecified atom stereocenters. The molecule has 0 spiro atoms. The molecule has 0 amide bonds. The molecule has 0 aliphatic carbocycles. The van der Waals surface area contributed by atoms with Crippen LogP contribution in [0.3, 0.4) is 0 Å². The Morgan fingerprint density at radius 2 is 0.708 bits per heavy atom. The number of hydrogen-bond acceptors (Lipinski definition) is 4. The molecule has 0 aromatic heterocycles. The van der Waals surface area contributed by atoms with E-state index >= 15 is 0 Å². The summed E-state index contributed by atoms with van der Waals surface area (Å²) in [4.78, 5) is 4.53. The Kier molecular flexibility index (Phi) is 7.23. The van der Waals surface area contributed by atoms with Crippen molar-refractivity contribution in [3.63, 3.8) is 0 Å². The summed E-state index contributed by atoms with van der Waals surface area (Å²) < 4.78 is 0. The Hall–Kier alpha value is -6.88. The zero-order chi connectivity index (χ0) is 32.5. The van der Waals surface area contributed by atoms with Gasteiger partial charge in [0.05, 0.1) is 34.6 Å². The lowest BCUT2D eigenvalue weighted by molar-refractivity contribution is 1.29. The first-order chi connectivity index (χ1) is 23.7. The largest absolute Gasteiger partial charge is 0.310 e. The van der Waals surface area contributed by atoms with Gasteiger partial charge in [-0.15, -0.1) is 0 Å². The smallest absolute Gasteiger partial charge is 0.0991 e. The molecule has 8 rings (SSSR count). The first-order valence-electron chi connectivity index (χ1n) is 15.8. The van der Waals surface area contributed by atoms with Crippen LogP contribution in [0.2, 0.25) is 0 Å². The van der Waals surface area contributed by atoms with Crippen LogP contribution < -0.4 is 9.80 Å². The first-order valence-corrected chi connectivity index (χ1v) is 15.8. The molecular weight excluding hydrogens is 585 g/mol. The summed E-state index contributed by atoms with van der Waals surface area (Å²) in [5, 5.41) is 25.9. The molecule has 8 aromatic rings. The van der Waals surface area contributed by atoms with Gasteiger partial charge in [-0.2, -0.15) is 10.5 Å². The van der Waals surface area contributed by atoms with E-state index in [1.54, 1.807) is 0 Å². The van der Waals surface area contributed by atoms with Crippen LogP contribution in [-0.2, 0) is 0 Å². The van der Waals surface area contributed by atoms with Crippen LogP contribution in [0.25, 0.3) is 32.3 Å². The molecule has 0 heterocycles. The number of nitrogens with zero attached hydrogens (tertiary/aromatic N) is 4. The van der Waals surface area contributed by atoms with Crippen molar-refractivity contribution in [2.75, 3.05) is 9.80 Å². The van der Waals surface area contributed by atoms with Crippen molar-refractivity contribution in [2.45, 2.75) is 0 Å². The predicted octanol–water partition coefficient (Wildman–Crippen LogP) is 11.8. The Bertz CT molecular complexity index is 2510. The highest BCUT2D eigenvalue weighted by atomic mass is 15.1. The zero-order valence-electron chi connectivity index (χ0n) is 26.0. The summed E-state index contributed by atoms with van der Waals surface area (Å²) in [5.74, 6) is 0. The lowest BCUT2D eigenvalue weighted by atomic mass is 9.94. The van der Waals surface area contributed by atoms with E-state index in [0.29, 0.717) is 11.1 Å². The van der Waals surface area contributed by atoms with Gasteiger partial charge < -0.3 is 9.80 Å². The number of anilines is 6. The minimum atomic E-state index is 0.624. The zero-order valence-corrected chi connectivity index (χ0v) is 26.0. The molecule has 0 N–H and O–H groups in total. The molecule has 0 radical (unpaired) electrons. The SMILES string of the molecule is N#Cc1ccc(N(c2ccccc2)c2cc3c4cccc(N(c5ccccc5)c5ccc(C#N)cc5)c4ccc3c3ccccc23)cc1. The van der Waals surface area contributed by atoms with Crippen LogP contribution in [-0.4, -0.2) is 0 Å². The Morgan fingerprint density at radius 3 is 1.27 bits per heavy atom. The van der Waals surface area contributed by atoms with Gasteiger partial charge in [0, 0.05) is 33.5 Å². The normalized spacial score (nSPS) is 10.9. The molecule has 224 valence electrons.